The van der Waals surface area contributed by atoms with Crippen molar-refractivity contribution in [2.45, 2.75) is 25.7 Å². The van der Waals surface area contributed by atoms with E-state index in [-0.39, 0.29) is 23.8 Å². The Balaban J connectivity index is 1.39. The summed E-state index contributed by atoms with van der Waals surface area (Å²) >= 11 is 0. The molecule has 0 aliphatic heterocycles. The number of aromatic hydroxyl groups is 1. The van der Waals surface area contributed by atoms with Gasteiger partial charge in [0.05, 0.1) is 26.3 Å². The van der Waals surface area contributed by atoms with Crippen molar-refractivity contribution in [2.75, 3.05) is 14.2 Å². The molecule has 4 aromatic heterocycles. The van der Waals surface area contributed by atoms with Crippen LogP contribution in [0.5, 0.6) is 17.4 Å². The first-order valence-corrected chi connectivity index (χ1v) is 12.3. The first-order valence-electron chi connectivity index (χ1n) is 12.3. The third-order valence-corrected chi connectivity index (χ3v) is 6.42. The van der Waals surface area contributed by atoms with Crippen LogP contribution in [0, 0.1) is 5.92 Å². The summed E-state index contributed by atoms with van der Waals surface area (Å²) in [5, 5.41) is 23.6. The van der Waals surface area contributed by atoms with Gasteiger partial charge in [-0.3, -0.25) is 14.3 Å². The Kier molecular flexibility index (Phi) is 6.27. The minimum Gasteiger partial charge on any atom is -0.494 e. The van der Waals surface area contributed by atoms with E-state index < -0.39 is 11.4 Å². The molecule has 1 aromatic carbocycles. The predicted octanol–water partition coefficient (Wildman–Crippen LogP) is 3.60. The fourth-order valence-electron chi connectivity index (χ4n) is 4.35. The molecule has 12 nitrogen and oxygen atoms in total. The van der Waals surface area contributed by atoms with E-state index in [2.05, 4.69) is 25.3 Å². The van der Waals surface area contributed by atoms with Gasteiger partial charge in [-0.15, -0.1) is 10.2 Å². The molecule has 0 amide bonds. The number of para-hydroxylation sites is 1. The highest BCUT2D eigenvalue weighted by atomic mass is 16.5. The van der Waals surface area contributed by atoms with Gasteiger partial charge in [0.1, 0.15) is 34.5 Å². The highest BCUT2D eigenvalue weighted by Crippen LogP contribution is 2.40. The summed E-state index contributed by atoms with van der Waals surface area (Å²) in [6, 6.07) is 12.4. The van der Waals surface area contributed by atoms with Gasteiger partial charge in [-0.25, -0.2) is 0 Å². The molecule has 4 heterocycles. The first kappa shape index (κ1) is 24.3. The molecule has 39 heavy (non-hydrogen) atoms. The molecule has 0 radical (unpaired) electrons. The summed E-state index contributed by atoms with van der Waals surface area (Å²) in [6.45, 7) is 0. The molecule has 1 saturated carbocycles. The van der Waals surface area contributed by atoms with E-state index in [0.717, 1.165) is 12.8 Å². The predicted molar refractivity (Wildman–Crippen MR) is 137 cm³/mol. The van der Waals surface area contributed by atoms with Crippen LogP contribution in [0.15, 0.2) is 62.4 Å². The van der Waals surface area contributed by atoms with Crippen molar-refractivity contribution in [1.82, 2.24) is 29.9 Å². The Bertz CT molecular complexity index is 1670. The van der Waals surface area contributed by atoms with Crippen LogP contribution in [0.2, 0.25) is 0 Å². The Morgan fingerprint density at radius 3 is 2.54 bits per heavy atom. The molecule has 0 saturated heterocycles. The van der Waals surface area contributed by atoms with Gasteiger partial charge in [-0.2, -0.15) is 4.98 Å². The molecule has 1 aliphatic rings. The highest BCUT2D eigenvalue weighted by Gasteiger charge is 2.30. The van der Waals surface area contributed by atoms with E-state index in [1.807, 2.05) is 18.2 Å². The van der Waals surface area contributed by atoms with Gasteiger partial charge in [0.15, 0.2) is 5.56 Å². The second-order valence-corrected chi connectivity index (χ2v) is 9.10. The molecule has 6 rings (SSSR count). The second kappa shape index (κ2) is 10.0. The molecule has 198 valence electrons. The Hall–Kier alpha value is -5.00. The lowest BCUT2D eigenvalue weighted by atomic mass is 10.2. The number of rotatable bonds is 9. The Morgan fingerprint density at radius 1 is 1.05 bits per heavy atom. The zero-order valence-corrected chi connectivity index (χ0v) is 21.2. The Morgan fingerprint density at radius 2 is 1.85 bits per heavy atom. The number of hydrogen-bond acceptors (Lipinski definition) is 11. The Labute approximate surface area is 221 Å². The van der Waals surface area contributed by atoms with Crippen LogP contribution >= 0.6 is 0 Å². The van der Waals surface area contributed by atoms with Crippen LogP contribution in [0.1, 0.15) is 30.3 Å². The fraction of sp³-hybridized carbons (Fsp3) is 0.259. The summed E-state index contributed by atoms with van der Waals surface area (Å²) in [5.74, 6) is 1.67. The molecule has 12 heteroatoms. The van der Waals surface area contributed by atoms with Gasteiger partial charge in [-0.05, 0) is 43.0 Å². The molecule has 0 bridgehead atoms. The number of nitrogens with zero attached hydrogens (tertiary/aromatic N) is 6. The molecule has 5 aromatic rings. The molecule has 0 atom stereocenters. The smallest absolute Gasteiger partial charge is 0.289 e. The topological polar surface area (TPSA) is 151 Å². The van der Waals surface area contributed by atoms with Crippen LogP contribution in [0.4, 0.5) is 0 Å². The van der Waals surface area contributed by atoms with E-state index in [9.17, 15) is 9.90 Å². The van der Waals surface area contributed by atoms with Gasteiger partial charge in [0.2, 0.25) is 11.8 Å². The number of pyridine rings is 1. The lowest BCUT2D eigenvalue weighted by Gasteiger charge is -2.20. The lowest BCUT2D eigenvalue weighted by Crippen LogP contribution is -2.21. The van der Waals surface area contributed by atoms with Crippen molar-refractivity contribution >= 4 is 0 Å². The molecule has 1 N–H and O–H groups in total. The molecule has 1 fully saturated rings. The number of aromatic nitrogens is 6. The fourth-order valence-corrected chi connectivity index (χ4v) is 4.35. The maximum absolute atomic E-state index is 13.2. The molecular weight excluding hydrogens is 504 g/mol. The summed E-state index contributed by atoms with van der Waals surface area (Å²) in [4.78, 5) is 21.7. The van der Waals surface area contributed by atoms with Gasteiger partial charge in [0, 0.05) is 18.7 Å². The SMILES string of the molecule is COc1cccc(OC)c1-n1c(CC2CC2)nc(=O)c(-c2nnc(Cc3cc(-c4ccccn4)no3)o2)c1O. The van der Waals surface area contributed by atoms with E-state index in [1.54, 1.807) is 30.5 Å². The van der Waals surface area contributed by atoms with Crippen molar-refractivity contribution in [1.29, 1.82) is 0 Å². The molecular formula is C27H24N6O6. The van der Waals surface area contributed by atoms with Crippen LogP contribution < -0.4 is 15.0 Å². The van der Waals surface area contributed by atoms with Gasteiger partial charge in [0.25, 0.3) is 11.4 Å². The third-order valence-electron chi connectivity index (χ3n) is 6.42. The number of ether oxygens (including phenoxy) is 2. The zero-order chi connectivity index (χ0) is 26.9. The molecule has 0 unspecified atom stereocenters. The molecule has 1 aliphatic carbocycles. The first-order chi connectivity index (χ1) is 19.1. The number of methoxy groups -OCH3 is 2. The summed E-state index contributed by atoms with van der Waals surface area (Å²) < 4.78 is 23.8. The quantitative estimate of drug-likeness (QED) is 0.299. The number of hydrogen-bond donors (Lipinski definition) is 1. The van der Waals surface area contributed by atoms with Gasteiger partial charge >= 0.3 is 0 Å². The van der Waals surface area contributed by atoms with Crippen molar-refractivity contribution < 1.29 is 23.5 Å². The van der Waals surface area contributed by atoms with E-state index >= 15 is 0 Å². The van der Waals surface area contributed by atoms with Crippen molar-refractivity contribution in [3.8, 4) is 45.9 Å². The van der Waals surface area contributed by atoms with E-state index in [0.29, 0.717) is 52.5 Å². The van der Waals surface area contributed by atoms with Crippen LogP contribution in [0.3, 0.4) is 0 Å². The third kappa shape index (κ3) is 4.72. The largest absolute Gasteiger partial charge is 0.494 e. The second-order valence-electron chi connectivity index (χ2n) is 9.10. The van der Waals surface area contributed by atoms with Gasteiger partial charge in [-0.1, -0.05) is 17.3 Å². The average molecular weight is 529 g/mol. The minimum absolute atomic E-state index is 0.120. The lowest BCUT2D eigenvalue weighted by molar-refractivity contribution is 0.377. The monoisotopic (exact) mass is 528 g/mol. The van der Waals surface area contributed by atoms with E-state index in [1.165, 1.54) is 18.8 Å². The average Bonchev–Trinajstić information content (AvgIpc) is 3.45. The van der Waals surface area contributed by atoms with E-state index in [4.69, 9.17) is 18.4 Å². The highest BCUT2D eigenvalue weighted by molar-refractivity contribution is 5.65. The normalized spacial score (nSPS) is 13.0. The zero-order valence-electron chi connectivity index (χ0n) is 21.2. The summed E-state index contributed by atoms with van der Waals surface area (Å²) in [7, 11) is 3.03. The summed E-state index contributed by atoms with van der Waals surface area (Å²) in [6.07, 6.45) is 4.34. The standard InChI is InChI=1S/C27H24N6O6/c1-36-19-7-5-8-20(37-2)24(19)33-21(12-15-9-10-15)29-25(34)23(27(33)35)26-31-30-22(38-26)14-16-13-18(32-39-16)17-6-3-4-11-28-17/h3-8,11,13,15,35H,9-10,12,14H2,1-2H3. The maximum atomic E-state index is 13.2. The van der Waals surface area contributed by atoms with Gasteiger partial charge < -0.3 is 23.5 Å². The van der Waals surface area contributed by atoms with Crippen molar-refractivity contribution in [2.24, 2.45) is 5.92 Å². The van der Waals surface area contributed by atoms with Crippen LogP contribution in [-0.2, 0) is 12.8 Å². The maximum Gasteiger partial charge on any atom is 0.289 e. The molecule has 0 spiro atoms. The van der Waals surface area contributed by atoms with Crippen LogP contribution in [-0.4, -0.2) is 49.2 Å². The minimum atomic E-state index is -0.680. The van der Waals surface area contributed by atoms with Crippen LogP contribution in [0.25, 0.3) is 28.5 Å². The summed E-state index contributed by atoms with van der Waals surface area (Å²) in [5.41, 5.74) is 0.724. The van der Waals surface area contributed by atoms with Crippen molar-refractivity contribution in [3.63, 3.8) is 0 Å². The van der Waals surface area contributed by atoms with Crippen molar-refractivity contribution in [3.05, 3.63) is 76.5 Å². The number of benzene rings is 1.